The van der Waals surface area contributed by atoms with Gasteiger partial charge in [0.25, 0.3) is 0 Å². The Balaban J connectivity index is 2.25. The number of hydrogen-bond acceptors (Lipinski definition) is 3. The van der Waals surface area contributed by atoms with Gasteiger partial charge in [-0.15, -0.1) is 0 Å². The van der Waals surface area contributed by atoms with Crippen LogP contribution in [-0.2, 0) is 4.84 Å². The van der Waals surface area contributed by atoms with Crippen molar-refractivity contribution in [3.63, 3.8) is 0 Å². The van der Waals surface area contributed by atoms with Crippen LogP contribution >= 0.6 is 0 Å². The number of nitrogens with zero attached hydrogens (tertiary/aromatic N) is 1. The number of carbonyl (C=O) groups excluding carboxylic acids is 1. The van der Waals surface area contributed by atoms with Crippen LogP contribution in [0.1, 0.15) is 5.56 Å². The molecule has 2 aromatic rings. The summed E-state index contributed by atoms with van der Waals surface area (Å²) >= 11 is 0. The zero-order chi connectivity index (χ0) is 13.5. The van der Waals surface area contributed by atoms with E-state index in [-0.39, 0.29) is 0 Å². The highest BCUT2D eigenvalue weighted by atomic mass is 16.7. The number of rotatable bonds is 3. The molecule has 0 fully saturated rings. The number of nitrogens with one attached hydrogen (secondary N) is 1. The zero-order valence-corrected chi connectivity index (χ0v) is 10.5. The van der Waals surface area contributed by atoms with E-state index in [1.807, 2.05) is 54.6 Å². The molecule has 0 atom stereocenters. The number of benzene rings is 2. The van der Waals surface area contributed by atoms with Gasteiger partial charge in [-0.1, -0.05) is 59.8 Å². The Morgan fingerprint density at radius 3 is 2.53 bits per heavy atom. The smallest absolute Gasteiger partial charge is 0.323 e. The minimum absolute atomic E-state index is 0.589. The normalized spacial score (nSPS) is 10.4. The van der Waals surface area contributed by atoms with Crippen molar-refractivity contribution in [1.82, 2.24) is 5.32 Å². The number of amides is 1. The first-order chi connectivity index (χ1) is 9.31. The van der Waals surface area contributed by atoms with Crippen LogP contribution in [0.4, 0.5) is 4.79 Å². The second kappa shape index (κ2) is 6.35. The quantitative estimate of drug-likeness (QED) is 0.520. The largest absolute Gasteiger partial charge is 0.433 e. The highest BCUT2D eigenvalue weighted by Crippen LogP contribution is 2.21. The van der Waals surface area contributed by atoms with Crippen molar-refractivity contribution >= 4 is 12.3 Å². The van der Waals surface area contributed by atoms with Crippen LogP contribution in [0.5, 0.6) is 0 Å². The van der Waals surface area contributed by atoms with Gasteiger partial charge in [0.15, 0.2) is 0 Å². The third-order valence-corrected chi connectivity index (χ3v) is 2.58. The lowest BCUT2D eigenvalue weighted by Gasteiger charge is -2.05. The molecule has 0 aromatic heterocycles. The third-order valence-electron chi connectivity index (χ3n) is 2.58. The summed E-state index contributed by atoms with van der Waals surface area (Å²) in [6.45, 7) is 0. The highest BCUT2D eigenvalue weighted by Gasteiger charge is 2.02. The van der Waals surface area contributed by atoms with E-state index in [4.69, 9.17) is 0 Å². The second-order valence-electron chi connectivity index (χ2n) is 3.82. The molecule has 2 rings (SSSR count). The maximum absolute atomic E-state index is 10.9. The van der Waals surface area contributed by atoms with Crippen LogP contribution in [0.3, 0.4) is 0 Å². The number of oxime groups is 1. The van der Waals surface area contributed by atoms with Gasteiger partial charge in [0.1, 0.15) is 0 Å². The summed E-state index contributed by atoms with van der Waals surface area (Å²) in [7, 11) is 1.48. The average Bonchev–Trinajstić information content (AvgIpc) is 2.48. The fraction of sp³-hybridized carbons (Fsp3) is 0.0667. The van der Waals surface area contributed by atoms with E-state index in [0.29, 0.717) is 0 Å². The standard InChI is InChI=1S/C15H14N2O2/c1-16-15(18)19-17-11-13-9-5-6-10-14(13)12-7-3-2-4-8-12/h2-11H,1H3,(H,16,18). The molecule has 1 N–H and O–H groups in total. The summed E-state index contributed by atoms with van der Waals surface area (Å²) in [5.41, 5.74) is 3.01. The first-order valence-corrected chi connectivity index (χ1v) is 5.88. The summed E-state index contributed by atoms with van der Waals surface area (Å²) in [5.74, 6) is 0. The van der Waals surface area contributed by atoms with Gasteiger partial charge in [-0.05, 0) is 11.1 Å². The monoisotopic (exact) mass is 254 g/mol. The predicted octanol–water partition coefficient (Wildman–Crippen LogP) is 3.04. The molecule has 96 valence electrons. The van der Waals surface area contributed by atoms with Gasteiger partial charge in [0.2, 0.25) is 0 Å². The van der Waals surface area contributed by atoms with Gasteiger partial charge < -0.3 is 5.32 Å². The molecule has 0 saturated heterocycles. The molecule has 0 radical (unpaired) electrons. The Bertz CT molecular complexity index is 580. The molecule has 4 heteroatoms. The third kappa shape index (κ3) is 3.42. The average molecular weight is 254 g/mol. The molecule has 0 aliphatic carbocycles. The Morgan fingerprint density at radius 1 is 1.11 bits per heavy atom. The Labute approximate surface area is 111 Å². The number of carbonyl (C=O) groups is 1. The van der Waals surface area contributed by atoms with Crippen LogP contribution in [0.15, 0.2) is 59.8 Å². The lowest BCUT2D eigenvalue weighted by molar-refractivity contribution is 0.154. The fourth-order valence-corrected chi connectivity index (χ4v) is 1.67. The molecule has 0 saturated carbocycles. The lowest BCUT2D eigenvalue weighted by atomic mass is 10.0. The molecule has 0 spiro atoms. The van der Waals surface area contributed by atoms with E-state index in [0.717, 1.165) is 16.7 Å². The molecule has 0 aliphatic rings. The van der Waals surface area contributed by atoms with E-state index < -0.39 is 6.09 Å². The maximum atomic E-state index is 10.9. The van der Waals surface area contributed by atoms with E-state index in [9.17, 15) is 4.79 Å². The first kappa shape index (κ1) is 12.8. The molecule has 0 aliphatic heterocycles. The predicted molar refractivity (Wildman–Crippen MR) is 75.0 cm³/mol. The first-order valence-electron chi connectivity index (χ1n) is 5.88. The van der Waals surface area contributed by atoms with Crippen LogP contribution in [-0.4, -0.2) is 19.4 Å². The van der Waals surface area contributed by atoms with Crippen LogP contribution < -0.4 is 5.32 Å². The Kier molecular flexibility index (Phi) is 4.29. The zero-order valence-electron chi connectivity index (χ0n) is 10.5. The summed E-state index contributed by atoms with van der Waals surface area (Å²) in [4.78, 5) is 15.5. The topological polar surface area (TPSA) is 50.7 Å². The van der Waals surface area contributed by atoms with Crippen molar-refractivity contribution in [1.29, 1.82) is 0 Å². The lowest BCUT2D eigenvalue weighted by Crippen LogP contribution is -2.16. The molecule has 0 unspecified atom stereocenters. The van der Waals surface area contributed by atoms with E-state index >= 15 is 0 Å². The second-order valence-corrected chi connectivity index (χ2v) is 3.82. The minimum Gasteiger partial charge on any atom is -0.323 e. The summed E-state index contributed by atoms with van der Waals surface area (Å²) < 4.78 is 0. The molecule has 1 amide bonds. The van der Waals surface area contributed by atoms with Crippen LogP contribution in [0, 0.1) is 0 Å². The van der Waals surface area contributed by atoms with E-state index in [1.165, 1.54) is 13.3 Å². The Morgan fingerprint density at radius 2 is 1.79 bits per heavy atom. The molecule has 0 heterocycles. The summed E-state index contributed by atoms with van der Waals surface area (Å²) in [6, 6.07) is 17.7. The van der Waals surface area contributed by atoms with Gasteiger partial charge >= 0.3 is 6.09 Å². The van der Waals surface area contributed by atoms with E-state index in [1.54, 1.807) is 0 Å². The van der Waals surface area contributed by atoms with Crippen molar-refractivity contribution in [3.8, 4) is 11.1 Å². The molecular formula is C15H14N2O2. The fourth-order valence-electron chi connectivity index (χ4n) is 1.67. The van der Waals surface area contributed by atoms with Gasteiger partial charge in [-0.3, -0.25) is 4.84 Å². The van der Waals surface area contributed by atoms with Crippen molar-refractivity contribution in [3.05, 3.63) is 60.2 Å². The van der Waals surface area contributed by atoms with Gasteiger partial charge in [-0.25, -0.2) is 4.79 Å². The molecule has 2 aromatic carbocycles. The van der Waals surface area contributed by atoms with Gasteiger partial charge in [0, 0.05) is 12.6 Å². The molecule has 19 heavy (non-hydrogen) atoms. The van der Waals surface area contributed by atoms with Gasteiger partial charge in [0.05, 0.1) is 6.21 Å². The highest BCUT2D eigenvalue weighted by molar-refractivity contribution is 5.90. The van der Waals surface area contributed by atoms with Crippen LogP contribution in [0.2, 0.25) is 0 Å². The van der Waals surface area contributed by atoms with E-state index in [2.05, 4.69) is 15.3 Å². The van der Waals surface area contributed by atoms with Gasteiger partial charge in [-0.2, -0.15) is 0 Å². The van der Waals surface area contributed by atoms with Crippen molar-refractivity contribution in [2.45, 2.75) is 0 Å². The molecular weight excluding hydrogens is 240 g/mol. The Hall–Kier alpha value is -2.62. The summed E-state index contributed by atoms with van der Waals surface area (Å²) in [5, 5.41) is 5.98. The minimum atomic E-state index is -0.589. The van der Waals surface area contributed by atoms with Crippen LogP contribution in [0.25, 0.3) is 11.1 Å². The maximum Gasteiger partial charge on any atom is 0.433 e. The van der Waals surface area contributed by atoms with Crippen molar-refractivity contribution < 1.29 is 9.63 Å². The number of hydrogen-bond donors (Lipinski definition) is 1. The van der Waals surface area contributed by atoms with Crippen molar-refractivity contribution in [2.75, 3.05) is 7.05 Å². The van der Waals surface area contributed by atoms with Crippen molar-refractivity contribution in [2.24, 2.45) is 5.16 Å². The molecule has 0 bridgehead atoms. The summed E-state index contributed by atoms with van der Waals surface area (Å²) in [6.07, 6.45) is 0.936. The molecule has 4 nitrogen and oxygen atoms in total. The SMILES string of the molecule is CNC(=O)ON=Cc1ccccc1-c1ccccc1.